The van der Waals surface area contributed by atoms with E-state index in [-0.39, 0.29) is 46.3 Å². The number of methoxy groups -OCH3 is 1. The Kier molecular flexibility index (Phi) is 11.6. The number of morpholine rings is 1. The van der Waals surface area contributed by atoms with Crippen molar-refractivity contribution in [1.82, 2.24) is 20.7 Å². The van der Waals surface area contributed by atoms with E-state index in [1.165, 1.54) is 13.2 Å². The monoisotopic (exact) mass is 650 g/mol. The molecule has 12 heteroatoms. The second kappa shape index (κ2) is 15.4. The predicted molar refractivity (Wildman–Crippen MR) is 176 cm³/mol. The summed E-state index contributed by atoms with van der Waals surface area (Å²) in [6.45, 7) is 14.7. The zero-order chi connectivity index (χ0) is 34.4. The van der Waals surface area contributed by atoms with Gasteiger partial charge in [0.15, 0.2) is 11.5 Å². The van der Waals surface area contributed by atoms with Crippen molar-refractivity contribution in [1.29, 1.82) is 0 Å². The first-order chi connectivity index (χ1) is 22.3. The molecule has 3 aromatic rings. The topological polar surface area (TPSA) is 163 Å². The Morgan fingerprint density at radius 2 is 1.55 bits per heavy atom. The largest absolute Gasteiger partial charge is 0.508 e. The van der Waals surface area contributed by atoms with Gasteiger partial charge in [-0.1, -0.05) is 71.0 Å². The standard InChI is InChI=1S/C35H46N4O8/c1-19(2)24-16-25(27(41)17-26(24)40)32-28(23-10-8-22(9-11-23)18-39-12-14-46-15-13-39)31(38-47-32)34(43)36-29(20(3)4)33(42)37-30(21(5)6)35(44)45-7/h8-11,16-17,19-21,29-30,40-41H,12-15,18H2,1-7H3,(H,36,43)(H,37,42)/t29-,30-/m1/s1. The van der Waals surface area contributed by atoms with E-state index in [0.717, 1.165) is 25.2 Å². The van der Waals surface area contributed by atoms with Crippen molar-refractivity contribution in [2.75, 3.05) is 33.4 Å². The lowest BCUT2D eigenvalue weighted by Crippen LogP contribution is -2.55. The van der Waals surface area contributed by atoms with Crippen molar-refractivity contribution in [3.63, 3.8) is 0 Å². The first-order valence-corrected chi connectivity index (χ1v) is 16.0. The summed E-state index contributed by atoms with van der Waals surface area (Å²) in [6.07, 6.45) is 0. The van der Waals surface area contributed by atoms with Crippen LogP contribution in [0.15, 0.2) is 40.9 Å². The minimum absolute atomic E-state index is 0.0646. The number of benzene rings is 2. The minimum Gasteiger partial charge on any atom is -0.508 e. The van der Waals surface area contributed by atoms with Gasteiger partial charge in [0.1, 0.15) is 23.6 Å². The van der Waals surface area contributed by atoms with Gasteiger partial charge in [-0.05, 0) is 40.5 Å². The van der Waals surface area contributed by atoms with Crippen LogP contribution in [0.2, 0.25) is 0 Å². The highest BCUT2D eigenvalue weighted by Crippen LogP contribution is 2.43. The maximum absolute atomic E-state index is 13.9. The van der Waals surface area contributed by atoms with Crippen LogP contribution in [0, 0.1) is 11.8 Å². The fourth-order valence-electron chi connectivity index (χ4n) is 5.54. The molecule has 0 aliphatic carbocycles. The molecule has 1 fully saturated rings. The number of nitrogens with zero attached hydrogens (tertiary/aromatic N) is 2. The van der Waals surface area contributed by atoms with Crippen molar-refractivity contribution in [3.8, 4) is 33.9 Å². The molecular formula is C35H46N4O8. The summed E-state index contributed by atoms with van der Waals surface area (Å²) < 4.78 is 16.1. The molecule has 1 aliphatic rings. The van der Waals surface area contributed by atoms with Gasteiger partial charge in [-0.25, -0.2) is 4.79 Å². The average molecular weight is 651 g/mol. The molecule has 0 unspecified atom stereocenters. The number of aromatic hydroxyl groups is 2. The SMILES string of the molecule is COC(=O)[C@H](NC(=O)[C@H](NC(=O)c1noc(-c2cc(C(C)C)c(O)cc2O)c1-c1ccc(CN2CCOCC2)cc1)C(C)C)C(C)C. The smallest absolute Gasteiger partial charge is 0.328 e. The van der Waals surface area contributed by atoms with Crippen LogP contribution >= 0.6 is 0 Å². The molecule has 254 valence electrons. The van der Waals surface area contributed by atoms with Gasteiger partial charge < -0.3 is 34.8 Å². The van der Waals surface area contributed by atoms with Gasteiger partial charge in [0, 0.05) is 25.7 Å². The summed E-state index contributed by atoms with van der Waals surface area (Å²) in [5, 5.41) is 31.0. The Morgan fingerprint density at radius 1 is 0.915 bits per heavy atom. The number of aromatic nitrogens is 1. The number of ether oxygens (including phenoxy) is 2. The third-order valence-corrected chi connectivity index (χ3v) is 8.33. The number of rotatable bonds is 12. The number of hydrogen-bond donors (Lipinski definition) is 4. The van der Waals surface area contributed by atoms with Gasteiger partial charge in [-0.2, -0.15) is 0 Å². The van der Waals surface area contributed by atoms with Gasteiger partial charge in [0.25, 0.3) is 5.91 Å². The summed E-state index contributed by atoms with van der Waals surface area (Å²) in [6, 6.07) is 8.59. The van der Waals surface area contributed by atoms with E-state index in [1.54, 1.807) is 33.8 Å². The van der Waals surface area contributed by atoms with Crippen LogP contribution < -0.4 is 10.6 Å². The van der Waals surface area contributed by atoms with Crippen molar-refractivity contribution >= 4 is 17.8 Å². The zero-order valence-electron chi connectivity index (χ0n) is 28.1. The van der Waals surface area contributed by atoms with Crippen LogP contribution in [-0.2, 0) is 25.6 Å². The molecule has 0 spiro atoms. The molecule has 4 N–H and O–H groups in total. The molecule has 47 heavy (non-hydrogen) atoms. The normalized spacial score (nSPS) is 15.1. The summed E-state index contributed by atoms with van der Waals surface area (Å²) in [7, 11) is 1.25. The lowest BCUT2D eigenvalue weighted by molar-refractivity contribution is -0.146. The highest BCUT2D eigenvalue weighted by Gasteiger charge is 2.34. The third kappa shape index (κ3) is 8.30. The van der Waals surface area contributed by atoms with Crippen LogP contribution in [0.4, 0.5) is 0 Å². The number of carbonyl (C=O) groups is 3. The van der Waals surface area contributed by atoms with Crippen LogP contribution in [0.5, 0.6) is 11.5 Å². The summed E-state index contributed by atoms with van der Waals surface area (Å²) >= 11 is 0. The Bertz CT molecular complexity index is 1560. The molecule has 4 rings (SSSR count). The molecule has 1 aliphatic heterocycles. The summed E-state index contributed by atoms with van der Waals surface area (Å²) in [4.78, 5) is 42.0. The summed E-state index contributed by atoms with van der Waals surface area (Å²) in [5.41, 5.74) is 2.72. The number of hydrogen-bond acceptors (Lipinski definition) is 10. The number of esters is 1. The van der Waals surface area contributed by atoms with Gasteiger partial charge in [-0.3, -0.25) is 14.5 Å². The van der Waals surface area contributed by atoms with Crippen molar-refractivity contribution in [3.05, 3.63) is 53.2 Å². The maximum Gasteiger partial charge on any atom is 0.328 e. The maximum atomic E-state index is 13.9. The van der Waals surface area contributed by atoms with Crippen molar-refractivity contribution < 1.29 is 38.6 Å². The molecule has 2 atom stereocenters. The Labute approximate surface area is 275 Å². The van der Waals surface area contributed by atoms with Gasteiger partial charge >= 0.3 is 5.97 Å². The van der Waals surface area contributed by atoms with Crippen molar-refractivity contribution in [2.24, 2.45) is 11.8 Å². The molecule has 1 saturated heterocycles. The lowest BCUT2D eigenvalue weighted by atomic mass is 9.93. The molecule has 0 radical (unpaired) electrons. The number of carbonyl (C=O) groups excluding carboxylic acids is 3. The van der Waals surface area contributed by atoms with Crippen molar-refractivity contribution in [2.45, 2.75) is 66.1 Å². The molecule has 12 nitrogen and oxygen atoms in total. The number of amides is 2. The quantitative estimate of drug-likeness (QED) is 0.206. The molecule has 0 bridgehead atoms. The zero-order valence-corrected chi connectivity index (χ0v) is 28.1. The summed E-state index contributed by atoms with van der Waals surface area (Å²) in [5.74, 6) is -2.67. The van der Waals surface area contributed by atoms with Crippen LogP contribution in [0.25, 0.3) is 22.5 Å². The van der Waals surface area contributed by atoms with E-state index in [4.69, 9.17) is 14.0 Å². The Balaban J connectivity index is 1.74. The molecular weight excluding hydrogens is 604 g/mol. The van der Waals surface area contributed by atoms with Crippen LogP contribution in [0.3, 0.4) is 0 Å². The third-order valence-electron chi connectivity index (χ3n) is 8.33. The second-order valence-corrected chi connectivity index (χ2v) is 12.9. The van der Waals surface area contributed by atoms with E-state index in [0.29, 0.717) is 29.9 Å². The van der Waals surface area contributed by atoms with E-state index < -0.39 is 29.9 Å². The van der Waals surface area contributed by atoms with E-state index in [1.807, 2.05) is 38.1 Å². The van der Waals surface area contributed by atoms with Crippen LogP contribution in [-0.4, -0.2) is 83.6 Å². The second-order valence-electron chi connectivity index (χ2n) is 12.9. The van der Waals surface area contributed by atoms with E-state index in [9.17, 15) is 24.6 Å². The van der Waals surface area contributed by atoms with Gasteiger partial charge in [0.05, 0.1) is 31.5 Å². The molecule has 2 amide bonds. The van der Waals surface area contributed by atoms with E-state index in [2.05, 4.69) is 20.7 Å². The highest BCUT2D eigenvalue weighted by atomic mass is 16.5. The number of phenolic OH excluding ortho intramolecular Hbond substituents is 2. The first-order valence-electron chi connectivity index (χ1n) is 16.0. The van der Waals surface area contributed by atoms with Crippen LogP contribution in [0.1, 0.15) is 69.1 Å². The Hall–Kier alpha value is -4.42. The minimum atomic E-state index is -1.02. The highest BCUT2D eigenvalue weighted by molar-refractivity contribution is 6.04. The fourth-order valence-corrected chi connectivity index (χ4v) is 5.54. The molecule has 2 heterocycles. The Morgan fingerprint density at radius 3 is 2.13 bits per heavy atom. The molecule has 2 aromatic carbocycles. The lowest BCUT2D eigenvalue weighted by Gasteiger charge is -2.26. The predicted octanol–water partition coefficient (Wildman–Crippen LogP) is 4.44. The van der Waals surface area contributed by atoms with E-state index >= 15 is 0 Å². The average Bonchev–Trinajstić information content (AvgIpc) is 3.47. The molecule has 0 saturated carbocycles. The number of phenols is 2. The van der Waals surface area contributed by atoms with Gasteiger partial charge in [0.2, 0.25) is 5.91 Å². The van der Waals surface area contributed by atoms with Gasteiger partial charge in [-0.15, -0.1) is 0 Å². The molecule has 1 aromatic heterocycles. The first kappa shape index (κ1) is 35.4. The number of nitrogens with one attached hydrogen (secondary N) is 2. The fraction of sp³-hybridized carbons (Fsp3) is 0.486.